The summed E-state index contributed by atoms with van der Waals surface area (Å²) in [5, 5.41) is 2.96. The molecule has 4 aliphatic carbocycles. The first kappa shape index (κ1) is 24.3. The topological polar surface area (TPSA) is 97.3 Å². The van der Waals surface area contributed by atoms with Gasteiger partial charge in [0.2, 0.25) is 0 Å². The van der Waals surface area contributed by atoms with Crippen molar-refractivity contribution < 1.29 is 50.3 Å². The third-order valence-electron chi connectivity index (χ3n) is 8.00. The fraction of sp³-hybridized carbons (Fsp3) is 0.810. The van der Waals surface area contributed by atoms with Crippen molar-refractivity contribution in [3.05, 3.63) is 0 Å². The van der Waals surface area contributed by atoms with Gasteiger partial charge in [0, 0.05) is 12.0 Å². The molecule has 6 rings (SSSR count). The molecule has 4 bridgehead atoms. The lowest BCUT2D eigenvalue weighted by atomic mass is 9.49. The first-order valence-electron chi connectivity index (χ1n) is 11.5. The SMILES string of the molecule is O=C(OC1CNCCC12N=C(C13CC4CC(CC(C4)C1)C3)N(OC(=O)C(F)(F)F)C2=O)C(F)(F)F. The Morgan fingerprint density at radius 2 is 1.49 bits per heavy atom. The van der Waals surface area contributed by atoms with Crippen LogP contribution in [0, 0.1) is 23.2 Å². The van der Waals surface area contributed by atoms with Crippen molar-refractivity contribution in [2.45, 2.75) is 68.9 Å². The molecule has 8 nitrogen and oxygen atoms in total. The number of hydrogen-bond donors (Lipinski definition) is 1. The minimum atomic E-state index is -5.42. The lowest BCUT2D eigenvalue weighted by molar-refractivity contribution is -0.228. The Morgan fingerprint density at radius 1 is 0.943 bits per heavy atom. The number of aliphatic imine (C=N–C) groups is 1. The van der Waals surface area contributed by atoms with E-state index in [-0.39, 0.29) is 48.2 Å². The summed E-state index contributed by atoms with van der Waals surface area (Å²) in [4.78, 5) is 45.9. The van der Waals surface area contributed by atoms with Crippen LogP contribution in [0.2, 0.25) is 0 Å². The van der Waals surface area contributed by atoms with Crippen LogP contribution in [-0.4, -0.2) is 65.8 Å². The van der Waals surface area contributed by atoms with Gasteiger partial charge >= 0.3 is 24.3 Å². The average Bonchev–Trinajstić information content (AvgIpc) is 3.00. The van der Waals surface area contributed by atoms with Crippen LogP contribution in [0.5, 0.6) is 0 Å². The quantitative estimate of drug-likeness (QED) is 0.463. The van der Waals surface area contributed by atoms with E-state index in [9.17, 15) is 40.7 Å². The number of ether oxygens (including phenoxy) is 1. The molecule has 6 aliphatic rings. The predicted octanol–water partition coefficient (Wildman–Crippen LogP) is 2.67. The summed E-state index contributed by atoms with van der Waals surface area (Å²) >= 11 is 0. The van der Waals surface area contributed by atoms with Gasteiger partial charge in [-0.15, -0.1) is 5.06 Å². The Hall–Kier alpha value is -2.38. The number of hydroxylamine groups is 2. The first-order valence-corrected chi connectivity index (χ1v) is 11.5. The normalized spacial score (nSPS) is 38.6. The molecule has 2 atom stereocenters. The number of nitrogens with zero attached hydrogens (tertiary/aromatic N) is 2. The van der Waals surface area contributed by atoms with Crippen molar-refractivity contribution in [1.82, 2.24) is 10.4 Å². The van der Waals surface area contributed by atoms with Gasteiger partial charge in [-0.1, -0.05) is 0 Å². The van der Waals surface area contributed by atoms with Crippen molar-refractivity contribution >= 4 is 23.7 Å². The third-order valence-corrected chi connectivity index (χ3v) is 8.00. The lowest BCUT2D eigenvalue weighted by Crippen LogP contribution is -2.61. The van der Waals surface area contributed by atoms with Gasteiger partial charge in [0.1, 0.15) is 6.10 Å². The Balaban J connectivity index is 1.56. The molecular formula is C21H23F6N3O5. The second-order valence-corrected chi connectivity index (χ2v) is 10.4. The number of halogens is 6. The highest BCUT2D eigenvalue weighted by molar-refractivity contribution is 6.11. The molecule has 14 heteroatoms. The van der Waals surface area contributed by atoms with E-state index in [0.717, 1.165) is 19.3 Å². The number of nitrogens with one attached hydrogen (secondary N) is 1. The molecule has 2 aliphatic heterocycles. The van der Waals surface area contributed by atoms with Crippen LogP contribution >= 0.6 is 0 Å². The van der Waals surface area contributed by atoms with Gasteiger partial charge < -0.3 is 14.9 Å². The van der Waals surface area contributed by atoms with E-state index in [1.165, 1.54) is 0 Å². The molecule has 1 saturated heterocycles. The largest absolute Gasteiger partial charge is 0.493 e. The van der Waals surface area contributed by atoms with E-state index in [1.54, 1.807) is 0 Å². The maximum Gasteiger partial charge on any atom is 0.493 e. The highest BCUT2D eigenvalue weighted by Crippen LogP contribution is 2.62. The number of amidine groups is 1. The van der Waals surface area contributed by atoms with E-state index < -0.39 is 47.3 Å². The summed E-state index contributed by atoms with van der Waals surface area (Å²) in [5.74, 6) is -5.79. The molecule has 2 heterocycles. The summed E-state index contributed by atoms with van der Waals surface area (Å²) < 4.78 is 82.6. The van der Waals surface area contributed by atoms with Crippen LogP contribution in [0.3, 0.4) is 0 Å². The van der Waals surface area contributed by atoms with Gasteiger partial charge in [0.05, 0.1) is 0 Å². The summed E-state index contributed by atoms with van der Waals surface area (Å²) in [7, 11) is 0. The molecule has 4 saturated carbocycles. The average molecular weight is 511 g/mol. The van der Waals surface area contributed by atoms with E-state index in [2.05, 4.69) is 19.9 Å². The molecule has 2 unspecified atom stereocenters. The van der Waals surface area contributed by atoms with Gasteiger partial charge in [0.15, 0.2) is 11.4 Å². The Bertz CT molecular complexity index is 944. The predicted molar refractivity (Wildman–Crippen MR) is 103 cm³/mol. The first-order chi connectivity index (χ1) is 16.2. The fourth-order valence-electron chi connectivity index (χ4n) is 7.04. The van der Waals surface area contributed by atoms with Gasteiger partial charge in [-0.2, -0.15) is 26.3 Å². The third kappa shape index (κ3) is 3.97. The number of alkyl halides is 6. The molecular weight excluding hydrogens is 488 g/mol. The standard InChI is InChI=1S/C21H23F6N3O5/c22-20(23,24)16(32)34-13-9-28-2-1-19(13)15(31)30(35-17(33)21(25,26)27)14(29-19)18-6-10-3-11(7-18)5-12(4-10)8-18/h10-13,28H,1-9H2. The number of carbonyl (C=O) groups is 3. The summed E-state index contributed by atoms with van der Waals surface area (Å²) in [5.41, 5.74) is -2.97. The highest BCUT2D eigenvalue weighted by atomic mass is 19.4. The van der Waals surface area contributed by atoms with Crippen LogP contribution in [0.25, 0.3) is 0 Å². The van der Waals surface area contributed by atoms with Gasteiger partial charge in [-0.05, 0) is 69.2 Å². The molecule has 1 amide bonds. The molecule has 0 aromatic rings. The summed E-state index contributed by atoms with van der Waals surface area (Å²) in [6, 6.07) is 0. The van der Waals surface area contributed by atoms with Crippen molar-refractivity contribution in [2.75, 3.05) is 13.1 Å². The number of piperidine rings is 1. The van der Waals surface area contributed by atoms with Crippen molar-refractivity contribution in [3.63, 3.8) is 0 Å². The van der Waals surface area contributed by atoms with E-state index in [1.807, 2.05) is 0 Å². The number of amides is 1. The maximum absolute atomic E-state index is 13.6. The zero-order chi connectivity index (χ0) is 25.4. The molecule has 5 fully saturated rings. The number of hydrogen-bond acceptors (Lipinski definition) is 7. The number of rotatable bonds is 3. The Morgan fingerprint density at radius 3 is 2.00 bits per heavy atom. The molecule has 0 aromatic carbocycles. The smallest absolute Gasteiger partial charge is 0.451 e. The monoisotopic (exact) mass is 511 g/mol. The van der Waals surface area contributed by atoms with E-state index >= 15 is 0 Å². The van der Waals surface area contributed by atoms with Crippen molar-refractivity contribution in [1.29, 1.82) is 0 Å². The molecule has 1 spiro atoms. The lowest BCUT2D eigenvalue weighted by Gasteiger charge is -2.56. The highest BCUT2D eigenvalue weighted by Gasteiger charge is 2.65. The molecule has 0 radical (unpaired) electrons. The summed E-state index contributed by atoms with van der Waals surface area (Å²) in [6.07, 6.45) is -8.37. The van der Waals surface area contributed by atoms with E-state index in [0.29, 0.717) is 19.3 Å². The molecule has 1 N–H and O–H groups in total. The Kier molecular flexibility index (Phi) is 5.43. The Labute approximate surface area is 195 Å². The van der Waals surface area contributed by atoms with Crippen molar-refractivity contribution in [2.24, 2.45) is 28.2 Å². The van der Waals surface area contributed by atoms with Crippen molar-refractivity contribution in [3.8, 4) is 0 Å². The second kappa shape index (κ2) is 7.81. The van der Waals surface area contributed by atoms with E-state index in [4.69, 9.17) is 0 Å². The fourth-order valence-corrected chi connectivity index (χ4v) is 7.04. The minimum Gasteiger partial charge on any atom is -0.451 e. The summed E-state index contributed by atoms with van der Waals surface area (Å²) in [6.45, 7) is -0.309. The minimum absolute atomic E-state index is 0.0739. The van der Waals surface area contributed by atoms with Gasteiger partial charge in [-0.25, -0.2) is 14.6 Å². The van der Waals surface area contributed by atoms with Gasteiger partial charge in [-0.3, -0.25) is 4.79 Å². The van der Waals surface area contributed by atoms with Gasteiger partial charge in [0.25, 0.3) is 5.91 Å². The zero-order valence-electron chi connectivity index (χ0n) is 18.4. The second-order valence-electron chi connectivity index (χ2n) is 10.4. The zero-order valence-corrected chi connectivity index (χ0v) is 18.4. The van der Waals surface area contributed by atoms with Crippen LogP contribution in [-0.2, 0) is 24.0 Å². The van der Waals surface area contributed by atoms with Crippen LogP contribution in [0.1, 0.15) is 44.9 Å². The van der Waals surface area contributed by atoms with Crippen LogP contribution in [0.15, 0.2) is 4.99 Å². The van der Waals surface area contributed by atoms with Crippen LogP contribution in [0.4, 0.5) is 26.3 Å². The molecule has 0 aromatic heterocycles. The maximum atomic E-state index is 13.6. The molecule has 35 heavy (non-hydrogen) atoms. The van der Waals surface area contributed by atoms with Crippen LogP contribution < -0.4 is 5.32 Å². The number of esters is 1. The number of carbonyl (C=O) groups excluding carboxylic acids is 3. The molecule has 194 valence electrons.